The molecule has 0 spiro atoms. The van der Waals surface area contributed by atoms with Crippen molar-refractivity contribution in [2.24, 2.45) is 0 Å². The predicted molar refractivity (Wildman–Crippen MR) is 109 cm³/mol. The van der Waals surface area contributed by atoms with Crippen LogP contribution in [0.5, 0.6) is 17.2 Å². The van der Waals surface area contributed by atoms with Gasteiger partial charge in [-0.2, -0.15) is 0 Å². The Morgan fingerprint density at radius 1 is 1.03 bits per heavy atom. The van der Waals surface area contributed by atoms with Crippen LogP contribution in [0.2, 0.25) is 0 Å². The molecule has 1 aromatic heterocycles. The zero-order valence-corrected chi connectivity index (χ0v) is 16.7. The summed E-state index contributed by atoms with van der Waals surface area (Å²) in [4.78, 5) is 14.6. The maximum atomic E-state index is 13.2. The van der Waals surface area contributed by atoms with Crippen molar-refractivity contribution in [1.82, 2.24) is 0 Å². The van der Waals surface area contributed by atoms with Crippen molar-refractivity contribution in [2.75, 3.05) is 27.3 Å². The minimum Gasteiger partial charge on any atom is -0.872 e. The number of fused-ring (bicyclic) bond motifs is 1. The van der Waals surface area contributed by atoms with E-state index < -0.39 is 0 Å². The van der Waals surface area contributed by atoms with Crippen LogP contribution < -0.4 is 24.9 Å². The van der Waals surface area contributed by atoms with E-state index in [1.807, 2.05) is 0 Å². The first-order chi connectivity index (χ1) is 14.1. The Hall–Kier alpha value is -2.99. The molecule has 0 radical (unpaired) electrons. The van der Waals surface area contributed by atoms with Gasteiger partial charge in [-0.25, -0.2) is 0 Å². The fourth-order valence-electron chi connectivity index (χ4n) is 4.09. The number of quaternary nitrogens is 1. The molecule has 6 heteroatoms. The lowest BCUT2D eigenvalue weighted by atomic mass is 10.0. The van der Waals surface area contributed by atoms with Crippen molar-refractivity contribution in [1.29, 1.82) is 0 Å². The molecule has 3 aromatic rings. The third kappa shape index (κ3) is 3.68. The second-order valence-electron chi connectivity index (χ2n) is 7.45. The number of methoxy groups -OCH3 is 2. The summed E-state index contributed by atoms with van der Waals surface area (Å²) in [6, 6.07) is 8.35. The number of piperidine rings is 1. The summed E-state index contributed by atoms with van der Waals surface area (Å²) >= 11 is 0. The van der Waals surface area contributed by atoms with Crippen LogP contribution in [-0.2, 0) is 6.54 Å². The second-order valence-corrected chi connectivity index (χ2v) is 7.45. The molecule has 1 fully saturated rings. The molecule has 1 aliphatic rings. The SMILES string of the molecule is COc1ccc(-c2coc3c(C[NH+]4CCCCC4)c([O-])ccc3c2=O)cc1OC. The molecule has 0 saturated carbocycles. The van der Waals surface area contributed by atoms with E-state index in [-0.39, 0.29) is 11.2 Å². The van der Waals surface area contributed by atoms with E-state index in [0.717, 1.165) is 13.1 Å². The third-order valence-electron chi connectivity index (χ3n) is 5.68. The fraction of sp³-hybridized carbons (Fsp3) is 0.348. The Balaban J connectivity index is 1.78. The van der Waals surface area contributed by atoms with E-state index in [2.05, 4.69) is 0 Å². The van der Waals surface area contributed by atoms with E-state index in [0.29, 0.717) is 45.7 Å². The summed E-state index contributed by atoms with van der Waals surface area (Å²) < 4.78 is 16.5. The van der Waals surface area contributed by atoms with Crippen molar-refractivity contribution in [3.05, 3.63) is 52.4 Å². The van der Waals surface area contributed by atoms with Crippen molar-refractivity contribution in [3.8, 4) is 28.4 Å². The van der Waals surface area contributed by atoms with E-state index in [1.54, 1.807) is 38.5 Å². The van der Waals surface area contributed by atoms with Crippen LogP contribution in [0.25, 0.3) is 22.1 Å². The van der Waals surface area contributed by atoms with Crippen LogP contribution in [0.4, 0.5) is 0 Å². The van der Waals surface area contributed by atoms with Crippen LogP contribution in [0.3, 0.4) is 0 Å². The van der Waals surface area contributed by atoms with Gasteiger partial charge in [0.05, 0.1) is 38.3 Å². The molecule has 0 aliphatic carbocycles. The molecule has 1 N–H and O–H groups in total. The Morgan fingerprint density at radius 3 is 2.52 bits per heavy atom. The van der Waals surface area contributed by atoms with Gasteiger partial charge in [0.25, 0.3) is 0 Å². The Bertz CT molecular complexity index is 1080. The van der Waals surface area contributed by atoms with Gasteiger partial charge in [0.2, 0.25) is 5.43 Å². The summed E-state index contributed by atoms with van der Waals surface area (Å²) in [5.41, 5.74) is 1.94. The summed E-state index contributed by atoms with van der Waals surface area (Å²) in [5, 5.41) is 13.0. The number of hydrogen-bond acceptors (Lipinski definition) is 5. The number of ether oxygens (including phenoxy) is 2. The van der Waals surface area contributed by atoms with Gasteiger partial charge in [0.15, 0.2) is 11.5 Å². The monoisotopic (exact) mass is 395 g/mol. The lowest BCUT2D eigenvalue weighted by molar-refractivity contribution is -0.918. The second kappa shape index (κ2) is 8.17. The van der Waals surface area contributed by atoms with Gasteiger partial charge in [0, 0.05) is 5.56 Å². The molecule has 0 bridgehead atoms. The molecular formula is C23H25NO5. The molecule has 0 amide bonds. The first-order valence-electron chi connectivity index (χ1n) is 9.92. The summed E-state index contributed by atoms with van der Waals surface area (Å²) in [6.45, 7) is 2.68. The maximum absolute atomic E-state index is 13.2. The molecule has 152 valence electrons. The van der Waals surface area contributed by atoms with Gasteiger partial charge >= 0.3 is 0 Å². The quantitative estimate of drug-likeness (QED) is 0.716. The largest absolute Gasteiger partial charge is 0.872 e. The Morgan fingerprint density at radius 2 is 1.79 bits per heavy atom. The molecule has 29 heavy (non-hydrogen) atoms. The molecule has 4 rings (SSSR count). The van der Waals surface area contributed by atoms with E-state index in [1.165, 1.54) is 36.5 Å². The van der Waals surface area contributed by atoms with Crippen molar-refractivity contribution >= 4 is 11.0 Å². The molecule has 2 aromatic carbocycles. The van der Waals surface area contributed by atoms with Crippen molar-refractivity contribution in [2.45, 2.75) is 25.8 Å². The number of likely N-dealkylation sites (tertiary alicyclic amines) is 1. The molecule has 2 heterocycles. The van der Waals surface area contributed by atoms with Gasteiger partial charge in [-0.3, -0.25) is 4.79 Å². The zero-order valence-electron chi connectivity index (χ0n) is 16.7. The first-order valence-corrected chi connectivity index (χ1v) is 9.92. The molecule has 1 aliphatic heterocycles. The summed E-state index contributed by atoms with van der Waals surface area (Å²) in [6.07, 6.45) is 5.02. The van der Waals surface area contributed by atoms with E-state index in [9.17, 15) is 9.90 Å². The zero-order chi connectivity index (χ0) is 20.4. The first kappa shape index (κ1) is 19.3. The number of hydrogen-bond donors (Lipinski definition) is 1. The normalized spacial score (nSPS) is 14.8. The standard InChI is InChI=1S/C23H25NO5/c1-27-20-9-6-15(12-21(20)28-2)18-14-29-23-16(22(18)26)7-8-19(25)17(23)13-24-10-4-3-5-11-24/h6-9,12,14,25H,3-5,10-11,13H2,1-2H3. The average molecular weight is 395 g/mol. The predicted octanol–water partition coefficient (Wildman–Crippen LogP) is 2.12. The highest BCUT2D eigenvalue weighted by Gasteiger charge is 2.19. The van der Waals surface area contributed by atoms with E-state index >= 15 is 0 Å². The Labute approximate surface area is 169 Å². The molecule has 0 unspecified atom stereocenters. The summed E-state index contributed by atoms with van der Waals surface area (Å²) in [7, 11) is 3.11. The average Bonchev–Trinajstić information content (AvgIpc) is 2.76. The van der Waals surface area contributed by atoms with Gasteiger partial charge in [-0.05, 0) is 43.0 Å². The lowest BCUT2D eigenvalue weighted by Gasteiger charge is -2.25. The van der Waals surface area contributed by atoms with Gasteiger partial charge < -0.3 is 23.9 Å². The number of nitrogens with one attached hydrogen (secondary N) is 1. The van der Waals surface area contributed by atoms with Gasteiger partial charge in [-0.15, -0.1) is 0 Å². The highest BCUT2D eigenvalue weighted by Crippen LogP contribution is 2.32. The highest BCUT2D eigenvalue weighted by atomic mass is 16.5. The van der Waals surface area contributed by atoms with Crippen molar-refractivity contribution in [3.63, 3.8) is 0 Å². The topological polar surface area (TPSA) is 76.2 Å². The molecule has 6 nitrogen and oxygen atoms in total. The Kier molecular flexibility index (Phi) is 5.45. The minimum absolute atomic E-state index is 0.0717. The lowest BCUT2D eigenvalue weighted by Crippen LogP contribution is -3.11. The van der Waals surface area contributed by atoms with Gasteiger partial charge in [0.1, 0.15) is 18.4 Å². The smallest absolute Gasteiger partial charge is 0.200 e. The fourth-order valence-corrected chi connectivity index (χ4v) is 4.09. The van der Waals surface area contributed by atoms with Crippen molar-refractivity contribution < 1.29 is 23.9 Å². The highest BCUT2D eigenvalue weighted by molar-refractivity contribution is 5.85. The summed E-state index contributed by atoms with van der Waals surface area (Å²) in [5.74, 6) is 1.05. The third-order valence-corrected chi connectivity index (χ3v) is 5.68. The molecule has 0 atom stereocenters. The maximum Gasteiger partial charge on any atom is 0.200 e. The molecular weight excluding hydrogens is 370 g/mol. The number of benzene rings is 2. The minimum atomic E-state index is -0.159. The van der Waals surface area contributed by atoms with Crippen LogP contribution in [-0.4, -0.2) is 27.3 Å². The van der Waals surface area contributed by atoms with Crippen LogP contribution in [0.1, 0.15) is 24.8 Å². The van der Waals surface area contributed by atoms with Crippen LogP contribution in [0.15, 0.2) is 45.8 Å². The number of rotatable bonds is 5. The van der Waals surface area contributed by atoms with Crippen LogP contribution >= 0.6 is 0 Å². The molecule has 1 saturated heterocycles. The van der Waals surface area contributed by atoms with Gasteiger partial charge in [-0.1, -0.05) is 17.9 Å². The van der Waals surface area contributed by atoms with Crippen LogP contribution in [0, 0.1) is 0 Å². The van der Waals surface area contributed by atoms with E-state index in [4.69, 9.17) is 13.9 Å².